The first kappa shape index (κ1) is 11.4. The summed E-state index contributed by atoms with van der Waals surface area (Å²) in [6, 6.07) is 5.19. The SMILES string of the molecule is Cc1c(C)c2ccc(OCC=O)cc2oc1=O. The van der Waals surface area contributed by atoms with E-state index in [4.69, 9.17) is 9.15 Å². The maximum absolute atomic E-state index is 11.5. The Labute approximate surface area is 97.8 Å². The molecule has 0 spiro atoms. The first-order valence-electron chi connectivity index (χ1n) is 5.24. The van der Waals surface area contributed by atoms with Crippen LogP contribution in [0.4, 0.5) is 0 Å². The summed E-state index contributed by atoms with van der Waals surface area (Å²) < 4.78 is 10.3. The van der Waals surface area contributed by atoms with Crippen LogP contribution in [0.1, 0.15) is 11.1 Å². The Morgan fingerprint density at radius 2 is 2.06 bits per heavy atom. The summed E-state index contributed by atoms with van der Waals surface area (Å²) in [6.07, 6.45) is 0.667. The Morgan fingerprint density at radius 3 is 2.76 bits per heavy atom. The second-order valence-electron chi connectivity index (χ2n) is 3.78. The number of aryl methyl sites for hydroxylation is 1. The standard InChI is InChI=1S/C13H12O4/c1-8-9(2)13(15)17-12-7-10(16-6-5-14)3-4-11(8)12/h3-5,7H,6H2,1-2H3. The fraction of sp³-hybridized carbons (Fsp3) is 0.231. The molecular formula is C13H12O4. The zero-order valence-corrected chi connectivity index (χ0v) is 9.65. The van der Waals surface area contributed by atoms with E-state index in [0.717, 1.165) is 10.9 Å². The van der Waals surface area contributed by atoms with E-state index in [-0.39, 0.29) is 12.2 Å². The highest BCUT2D eigenvalue weighted by atomic mass is 16.5. The molecule has 0 bridgehead atoms. The molecule has 0 saturated carbocycles. The maximum atomic E-state index is 11.5. The number of aldehydes is 1. The highest BCUT2D eigenvalue weighted by molar-refractivity contribution is 5.82. The van der Waals surface area contributed by atoms with Crippen LogP contribution in [0.3, 0.4) is 0 Å². The largest absolute Gasteiger partial charge is 0.486 e. The van der Waals surface area contributed by atoms with E-state index in [0.29, 0.717) is 23.2 Å². The molecule has 0 atom stereocenters. The fourth-order valence-corrected chi connectivity index (χ4v) is 1.65. The molecule has 0 N–H and O–H groups in total. The molecule has 2 aromatic rings. The molecule has 1 heterocycles. The third-order valence-corrected chi connectivity index (χ3v) is 2.75. The Morgan fingerprint density at radius 1 is 1.29 bits per heavy atom. The molecule has 0 fully saturated rings. The molecule has 0 radical (unpaired) electrons. The van der Waals surface area contributed by atoms with Crippen molar-refractivity contribution in [2.45, 2.75) is 13.8 Å². The fourth-order valence-electron chi connectivity index (χ4n) is 1.65. The van der Waals surface area contributed by atoms with E-state index in [1.165, 1.54) is 0 Å². The number of rotatable bonds is 3. The highest BCUT2D eigenvalue weighted by Crippen LogP contribution is 2.23. The van der Waals surface area contributed by atoms with Gasteiger partial charge in [-0.3, -0.25) is 4.79 Å². The Kier molecular flexibility index (Phi) is 2.95. The molecule has 4 nitrogen and oxygen atoms in total. The van der Waals surface area contributed by atoms with Crippen molar-refractivity contribution in [1.29, 1.82) is 0 Å². The number of ether oxygens (including phenoxy) is 1. The normalized spacial score (nSPS) is 10.5. The van der Waals surface area contributed by atoms with E-state index in [9.17, 15) is 9.59 Å². The van der Waals surface area contributed by atoms with Crippen molar-refractivity contribution in [3.63, 3.8) is 0 Å². The average Bonchev–Trinajstić information content (AvgIpc) is 2.33. The summed E-state index contributed by atoms with van der Waals surface area (Å²) in [6.45, 7) is 3.60. The molecule has 0 aliphatic heterocycles. The number of carbonyl (C=O) groups excluding carboxylic acids is 1. The number of fused-ring (bicyclic) bond motifs is 1. The Balaban J connectivity index is 2.58. The smallest absolute Gasteiger partial charge is 0.339 e. The van der Waals surface area contributed by atoms with Gasteiger partial charge in [-0.15, -0.1) is 0 Å². The third kappa shape index (κ3) is 2.06. The van der Waals surface area contributed by atoms with Gasteiger partial charge in [-0.25, -0.2) is 4.79 Å². The Bertz CT molecular complexity index is 625. The van der Waals surface area contributed by atoms with Gasteiger partial charge in [0.2, 0.25) is 0 Å². The van der Waals surface area contributed by atoms with Gasteiger partial charge in [0.25, 0.3) is 0 Å². The van der Waals surface area contributed by atoms with Crippen LogP contribution in [0.5, 0.6) is 5.75 Å². The molecule has 1 aromatic carbocycles. The van der Waals surface area contributed by atoms with Crippen molar-refractivity contribution in [1.82, 2.24) is 0 Å². The van der Waals surface area contributed by atoms with Gasteiger partial charge in [-0.1, -0.05) is 0 Å². The second-order valence-corrected chi connectivity index (χ2v) is 3.78. The molecule has 2 rings (SSSR count). The van der Waals surface area contributed by atoms with Crippen molar-refractivity contribution in [2.24, 2.45) is 0 Å². The number of hydrogen-bond acceptors (Lipinski definition) is 4. The van der Waals surface area contributed by atoms with E-state index >= 15 is 0 Å². The molecule has 1 aromatic heterocycles. The summed E-state index contributed by atoms with van der Waals surface area (Å²) in [5, 5.41) is 0.876. The molecule has 0 amide bonds. The van der Waals surface area contributed by atoms with E-state index < -0.39 is 0 Å². The van der Waals surface area contributed by atoms with Crippen LogP contribution in [0, 0.1) is 13.8 Å². The van der Waals surface area contributed by atoms with Gasteiger partial charge in [-0.2, -0.15) is 0 Å². The lowest BCUT2D eigenvalue weighted by Crippen LogP contribution is -2.05. The summed E-state index contributed by atoms with van der Waals surface area (Å²) >= 11 is 0. The van der Waals surface area contributed by atoms with Crippen LogP contribution < -0.4 is 10.4 Å². The molecule has 17 heavy (non-hydrogen) atoms. The maximum Gasteiger partial charge on any atom is 0.339 e. The second kappa shape index (κ2) is 4.41. The first-order valence-corrected chi connectivity index (χ1v) is 5.24. The molecule has 88 valence electrons. The monoisotopic (exact) mass is 232 g/mol. The van der Waals surface area contributed by atoms with Crippen molar-refractivity contribution in [3.05, 3.63) is 39.7 Å². The zero-order valence-electron chi connectivity index (χ0n) is 9.65. The van der Waals surface area contributed by atoms with E-state index in [1.54, 1.807) is 19.1 Å². The van der Waals surface area contributed by atoms with Crippen LogP contribution >= 0.6 is 0 Å². The van der Waals surface area contributed by atoms with Gasteiger partial charge >= 0.3 is 5.63 Å². The predicted octanol–water partition coefficient (Wildman–Crippen LogP) is 1.99. The summed E-state index contributed by atoms with van der Waals surface area (Å²) in [7, 11) is 0. The van der Waals surface area contributed by atoms with Gasteiger partial charge in [0.1, 0.15) is 17.9 Å². The van der Waals surface area contributed by atoms with Crippen LogP contribution in [0.25, 0.3) is 11.0 Å². The average molecular weight is 232 g/mol. The van der Waals surface area contributed by atoms with Crippen LogP contribution in [-0.4, -0.2) is 12.9 Å². The van der Waals surface area contributed by atoms with Crippen molar-refractivity contribution in [3.8, 4) is 5.75 Å². The third-order valence-electron chi connectivity index (χ3n) is 2.75. The lowest BCUT2D eigenvalue weighted by molar-refractivity contribution is -0.109. The van der Waals surface area contributed by atoms with Crippen molar-refractivity contribution >= 4 is 17.3 Å². The van der Waals surface area contributed by atoms with E-state index in [2.05, 4.69) is 0 Å². The molecule has 4 heteroatoms. The minimum absolute atomic E-state index is 0.0133. The molecule has 0 saturated heterocycles. The van der Waals surface area contributed by atoms with E-state index in [1.807, 2.05) is 13.0 Å². The predicted molar refractivity (Wildman–Crippen MR) is 63.5 cm³/mol. The Hall–Kier alpha value is -2.10. The molecular weight excluding hydrogens is 220 g/mol. The minimum atomic E-state index is -0.345. The summed E-state index contributed by atoms with van der Waals surface area (Å²) in [4.78, 5) is 21.7. The molecule has 0 unspecified atom stereocenters. The number of hydrogen-bond donors (Lipinski definition) is 0. The van der Waals surface area contributed by atoms with Crippen LogP contribution in [0.2, 0.25) is 0 Å². The topological polar surface area (TPSA) is 56.5 Å². The number of carbonyl (C=O) groups is 1. The van der Waals surface area contributed by atoms with Gasteiger partial charge < -0.3 is 9.15 Å². The lowest BCUT2D eigenvalue weighted by atomic mass is 10.1. The van der Waals surface area contributed by atoms with Crippen LogP contribution in [0.15, 0.2) is 27.4 Å². The van der Waals surface area contributed by atoms with Gasteiger partial charge in [-0.05, 0) is 31.5 Å². The summed E-state index contributed by atoms with van der Waals surface area (Å²) in [5.41, 5.74) is 1.64. The van der Waals surface area contributed by atoms with Gasteiger partial charge in [0.05, 0.1) is 0 Å². The molecule has 0 aliphatic rings. The highest BCUT2D eigenvalue weighted by Gasteiger charge is 2.08. The van der Waals surface area contributed by atoms with Crippen molar-refractivity contribution < 1.29 is 13.9 Å². The number of benzene rings is 1. The van der Waals surface area contributed by atoms with Gasteiger partial charge in [0, 0.05) is 17.0 Å². The minimum Gasteiger partial charge on any atom is -0.486 e. The van der Waals surface area contributed by atoms with Crippen molar-refractivity contribution in [2.75, 3.05) is 6.61 Å². The lowest BCUT2D eigenvalue weighted by Gasteiger charge is -2.06. The zero-order chi connectivity index (χ0) is 12.4. The van der Waals surface area contributed by atoms with Gasteiger partial charge in [0.15, 0.2) is 6.29 Å². The first-order chi connectivity index (χ1) is 8.13. The van der Waals surface area contributed by atoms with Crippen LogP contribution in [-0.2, 0) is 4.79 Å². The summed E-state index contributed by atoms with van der Waals surface area (Å²) in [5.74, 6) is 0.510. The quantitative estimate of drug-likeness (QED) is 0.599. The molecule has 0 aliphatic carbocycles.